The maximum atomic E-state index is 13.1. The van der Waals surface area contributed by atoms with Crippen molar-refractivity contribution in [2.45, 2.75) is 199 Å². The van der Waals surface area contributed by atoms with E-state index in [0.29, 0.717) is 32.1 Å². The third-order valence-corrected chi connectivity index (χ3v) is 11.1. The summed E-state index contributed by atoms with van der Waals surface area (Å²) < 4.78 is 28.1. The lowest BCUT2D eigenvalue weighted by molar-refractivity contribution is -0.301. The highest BCUT2D eigenvalue weighted by atomic mass is 16.7. The predicted octanol–water partition coefficient (Wildman–Crippen LogP) is 13.8. The molecule has 6 unspecified atom stereocenters. The summed E-state index contributed by atoms with van der Waals surface area (Å²) in [5.41, 5.74) is 0. The van der Waals surface area contributed by atoms with E-state index >= 15 is 0 Å². The molecule has 1 aliphatic rings. The zero-order valence-corrected chi connectivity index (χ0v) is 45.5. The van der Waals surface area contributed by atoms with Crippen molar-refractivity contribution < 1.29 is 58.2 Å². The van der Waals surface area contributed by atoms with Crippen LogP contribution in [0.2, 0.25) is 0 Å². The molecule has 1 heterocycles. The van der Waals surface area contributed by atoms with Crippen molar-refractivity contribution in [1.82, 2.24) is 0 Å². The maximum Gasteiger partial charge on any atom is 0.335 e. The number of unbranched alkanes of at least 4 members (excludes halogenated alkanes) is 3. The Morgan fingerprint density at radius 1 is 0.440 bits per heavy atom. The second-order valence-corrected chi connectivity index (χ2v) is 17.7. The van der Waals surface area contributed by atoms with Crippen LogP contribution in [0.4, 0.5) is 0 Å². The Morgan fingerprint density at radius 2 is 0.827 bits per heavy atom. The van der Waals surface area contributed by atoms with E-state index < -0.39 is 67.3 Å². The van der Waals surface area contributed by atoms with Crippen molar-refractivity contribution in [3.8, 4) is 0 Å². The molecule has 0 aliphatic carbocycles. The number of carbonyl (C=O) groups excluding carboxylic acids is 3. The third kappa shape index (κ3) is 39.4. The van der Waals surface area contributed by atoms with Gasteiger partial charge in [0, 0.05) is 19.3 Å². The van der Waals surface area contributed by atoms with Gasteiger partial charge in [-0.1, -0.05) is 179 Å². The fraction of sp³-hybridized carbons (Fsp3) is 0.524. The molecular weight excluding hydrogens is 949 g/mol. The van der Waals surface area contributed by atoms with Crippen LogP contribution >= 0.6 is 0 Å². The lowest BCUT2D eigenvalue weighted by Crippen LogP contribution is -2.61. The van der Waals surface area contributed by atoms with E-state index in [2.05, 4.69) is 148 Å². The molecule has 1 rings (SSSR count). The summed E-state index contributed by atoms with van der Waals surface area (Å²) in [6.07, 6.45) is 59.6. The molecule has 6 atom stereocenters. The highest BCUT2D eigenvalue weighted by Crippen LogP contribution is 2.26. The molecule has 1 saturated heterocycles. The summed E-state index contributed by atoms with van der Waals surface area (Å²) in [4.78, 5) is 50.9. The van der Waals surface area contributed by atoms with Crippen LogP contribution in [-0.2, 0) is 42.9 Å². The zero-order valence-electron chi connectivity index (χ0n) is 45.5. The number of allylic oxidation sites excluding steroid dienone is 26. The smallest absolute Gasteiger partial charge is 0.335 e. The summed E-state index contributed by atoms with van der Waals surface area (Å²) >= 11 is 0. The third-order valence-electron chi connectivity index (χ3n) is 11.1. The van der Waals surface area contributed by atoms with Gasteiger partial charge in [-0.05, 0) is 122 Å². The summed E-state index contributed by atoms with van der Waals surface area (Å²) in [5.74, 6) is -3.40. The molecule has 3 N–H and O–H groups in total. The van der Waals surface area contributed by atoms with Crippen LogP contribution in [0, 0.1) is 0 Å². The number of ether oxygens (including phenoxy) is 5. The van der Waals surface area contributed by atoms with E-state index in [1.54, 1.807) is 0 Å². The lowest BCUT2D eigenvalue weighted by Gasteiger charge is -2.40. The number of carboxylic acids is 1. The van der Waals surface area contributed by atoms with Crippen LogP contribution in [0.15, 0.2) is 158 Å². The summed E-state index contributed by atoms with van der Waals surface area (Å²) in [7, 11) is 0. The normalized spacial score (nSPS) is 19.4. The van der Waals surface area contributed by atoms with Crippen molar-refractivity contribution in [2.24, 2.45) is 0 Å². The van der Waals surface area contributed by atoms with Gasteiger partial charge in [-0.25, -0.2) is 4.79 Å². The van der Waals surface area contributed by atoms with Gasteiger partial charge in [-0.2, -0.15) is 0 Å². The molecule has 12 nitrogen and oxygen atoms in total. The molecule has 1 fully saturated rings. The minimum Gasteiger partial charge on any atom is -0.479 e. The molecule has 416 valence electrons. The average Bonchev–Trinajstić information content (AvgIpc) is 3.39. The number of aliphatic hydroxyl groups is 2. The molecule has 0 radical (unpaired) electrons. The first kappa shape index (κ1) is 67.4. The predicted molar refractivity (Wildman–Crippen MR) is 302 cm³/mol. The number of carbonyl (C=O) groups is 4. The Labute approximate surface area is 450 Å². The van der Waals surface area contributed by atoms with Crippen molar-refractivity contribution in [2.75, 3.05) is 13.2 Å². The molecule has 0 spiro atoms. The van der Waals surface area contributed by atoms with E-state index in [0.717, 1.165) is 89.9 Å². The van der Waals surface area contributed by atoms with Gasteiger partial charge in [-0.15, -0.1) is 0 Å². The van der Waals surface area contributed by atoms with Crippen LogP contribution < -0.4 is 0 Å². The van der Waals surface area contributed by atoms with Gasteiger partial charge in [0.1, 0.15) is 18.8 Å². The fourth-order valence-electron chi connectivity index (χ4n) is 6.99. The lowest BCUT2D eigenvalue weighted by atomic mass is 9.98. The van der Waals surface area contributed by atoms with Crippen LogP contribution in [0.5, 0.6) is 0 Å². The molecule has 0 saturated carbocycles. The second kappa shape index (κ2) is 49.2. The van der Waals surface area contributed by atoms with Crippen molar-refractivity contribution >= 4 is 23.9 Å². The van der Waals surface area contributed by atoms with Gasteiger partial charge < -0.3 is 39.0 Å². The van der Waals surface area contributed by atoms with E-state index in [1.807, 2.05) is 30.4 Å². The fourth-order valence-corrected chi connectivity index (χ4v) is 6.99. The minimum atomic E-state index is -1.95. The van der Waals surface area contributed by atoms with Crippen molar-refractivity contribution in [1.29, 1.82) is 0 Å². The van der Waals surface area contributed by atoms with Crippen molar-refractivity contribution in [3.05, 3.63) is 158 Å². The highest BCUT2D eigenvalue weighted by molar-refractivity contribution is 5.74. The molecule has 0 aromatic heterocycles. The maximum absolute atomic E-state index is 13.1. The zero-order chi connectivity index (χ0) is 54.7. The van der Waals surface area contributed by atoms with Crippen LogP contribution in [0.3, 0.4) is 0 Å². The molecule has 0 bridgehead atoms. The highest BCUT2D eigenvalue weighted by Gasteiger charge is 2.50. The Bertz CT molecular complexity index is 1910. The van der Waals surface area contributed by atoms with Crippen LogP contribution in [0.1, 0.15) is 162 Å². The van der Waals surface area contributed by atoms with E-state index in [1.165, 1.54) is 0 Å². The Balaban J connectivity index is 2.83. The number of rotatable bonds is 43. The number of carboxylic acid groups (broad SMARTS) is 1. The number of esters is 3. The molecule has 12 heteroatoms. The SMILES string of the molecule is CC/C=C\C/C=C\C/C=C\C/C=C\C/C=C\CCCC(=O)OC1C(OCC(COC(=O)CCCC/C=C\C/C=C\C/C=C\C/C=C\CC)OC(=O)CC/C=C\C/C=C\C/C=C\C/C=C\CC)OC(C(=O)O)C(O)C1O. The molecule has 0 aromatic rings. The molecular formula is C63H92O12. The molecule has 0 aromatic carbocycles. The summed E-state index contributed by atoms with van der Waals surface area (Å²) in [6.45, 7) is 5.48. The number of aliphatic carboxylic acids is 1. The monoisotopic (exact) mass is 1040 g/mol. The van der Waals surface area contributed by atoms with Crippen LogP contribution in [-0.4, -0.2) is 89.2 Å². The number of aliphatic hydroxyl groups excluding tert-OH is 2. The Kier molecular flexibility index (Phi) is 44.2. The van der Waals surface area contributed by atoms with Gasteiger partial charge in [0.15, 0.2) is 24.6 Å². The van der Waals surface area contributed by atoms with Gasteiger partial charge in [0.25, 0.3) is 0 Å². The van der Waals surface area contributed by atoms with Gasteiger partial charge in [0.2, 0.25) is 0 Å². The molecule has 1 aliphatic heterocycles. The quantitative estimate of drug-likeness (QED) is 0.0228. The first-order chi connectivity index (χ1) is 36.6. The standard InChI is InChI=1S/C63H92O12/c1-4-7-10-13-16-19-22-25-27-28-30-33-36-39-42-45-48-51-57(66)74-61-59(68)58(67)60(62(69)70)75-63(61)72-53-54(73-56(65)50-47-44-41-38-35-31-24-21-18-15-12-9-6-3)52-71-55(64)49-46-43-40-37-34-32-29-26-23-20-17-14-11-8-5-2/h7-12,16-21,25-27,29-31,33-35,37,39,41-42,44,54,58-61,63,67-68H,4-6,13-15,22-24,28,32,36,38,40,43,45-53H2,1-3H3,(H,69,70)/b10-7-,11-8-,12-9-,19-16-,20-17-,21-18-,27-25-,29-26-,33-30-,35-31-,37-34-,42-39-,44-41-. The van der Waals surface area contributed by atoms with Crippen LogP contribution in [0.25, 0.3) is 0 Å². The van der Waals surface area contributed by atoms with Gasteiger partial charge in [0.05, 0.1) is 6.61 Å². The average molecular weight is 1040 g/mol. The van der Waals surface area contributed by atoms with E-state index in [-0.39, 0.29) is 25.9 Å². The van der Waals surface area contributed by atoms with Crippen molar-refractivity contribution in [3.63, 3.8) is 0 Å². The minimum absolute atomic E-state index is 0.0156. The summed E-state index contributed by atoms with van der Waals surface area (Å²) in [6, 6.07) is 0. The Hall–Kier alpha value is -5.66. The van der Waals surface area contributed by atoms with E-state index in [4.69, 9.17) is 23.7 Å². The van der Waals surface area contributed by atoms with E-state index in [9.17, 15) is 34.5 Å². The summed E-state index contributed by atoms with van der Waals surface area (Å²) in [5, 5.41) is 31.4. The topological polar surface area (TPSA) is 175 Å². The van der Waals surface area contributed by atoms with Gasteiger partial charge >= 0.3 is 23.9 Å². The largest absolute Gasteiger partial charge is 0.479 e. The molecule has 75 heavy (non-hydrogen) atoms. The van der Waals surface area contributed by atoms with Gasteiger partial charge in [-0.3, -0.25) is 14.4 Å². The number of hydrogen-bond donors (Lipinski definition) is 3. The Morgan fingerprint density at radius 3 is 1.25 bits per heavy atom. The second-order valence-electron chi connectivity index (χ2n) is 17.7. The molecule has 0 amide bonds. The first-order valence-electron chi connectivity index (χ1n) is 27.5. The first-order valence-corrected chi connectivity index (χ1v) is 27.5. The number of hydrogen-bond acceptors (Lipinski definition) is 11.